The van der Waals surface area contributed by atoms with E-state index in [2.05, 4.69) is 0 Å². The quantitative estimate of drug-likeness (QED) is 0.298. The minimum absolute atomic E-state index is 0. The molecule has 0 aromatic carbocycles. The first-order valence-electron chi connectivity index (χ1n) is 5.33. The summed E-state index contributed by atoms with van der Waals surface area (Å²) in [7, 11) is -11.8. The van der Waals surface area contributed by atoms with Crippen LogP contribution in [0.2, 0.25) is 0 Å². The summed E-state index contributed by atoms with van der Waals surface area (Å²) in [6.45, 7) is 1.95. The van der Waals surface area contributed by atoms with Gasteiger partial charge in [0.05, 0.1) is 0 Å². The molecule has 0 aromatic rings. The van der Waals surface area contributed by atoms with Crippen LogP contribution in [0.1, 0.15) is 45.4 Å². The number of hydrogen-bond acceptors (Lipinski definition) is 7. The summed E-state index contributed by atoms with van der Waals surface area (Å²) in [5.74, 6) is 0. The summed E-state index contributed by atoms with van der Waals surface area (Å²) < 4.78 is 21.3. The molecule has 0 fully saturated rings. The molecular weight excluding hydrogens is 350 g/mol. The molecule has 11 heteroatoms. The van der Waals surface area contributed by atoms with Crippen LogP contribution >= 0.6 is 15.2 Å². The maximum absolute atomic E-state index is 10.7. The van der Waals surface area contributed by atoms with Gasteiger partial charge in [0.25, 0.3) is 0 Å². The molecule has 0 rings (SSSR count). The number of unbranched alkanes of at least 4 members (excludes halogenated alkanes) is 4. The fourth-order valence-electron chi connectivity index (χ4n) is 1.39. The normalized spacial score (nSPS) is 12.5. The molecule has 0 bridgehead atoms. The fraction of sp³-hybridized carbons (Fsp3) is 1.00. The van der Waals surface area contributed by atoms with Crippen molar-refractivity contribution in [2.75, 3.05) is 0 Å². The molecule has 0 radical (unpaired) electrons. The zero-order valence-corrected chi connectivity index (χ0v) is 17.2. The Bertz CT molecular complexity index is 305. The average molecular weight is 366 g/mol. The van der Waals surface area contributed by atoms with E-state index in [0.29, 0.717) is 6.42 Å². The predicted octanol–water partition coefficient (Wildman–Crippen LogP) is -1.94. The predicted molar refractivity (Wildman–Crippen MR) is 65.0 cm³/mol. The van der Waals surface area contributed by atoms with E-state index in [-0.39, 0.29) is 81.9 Å². The third-order valence-corrected chi connectivity index (χ3v) is 6.16. The Morgan fingerprint density at radius 2 is 1.26 bits per heavy atom. The molecule has 0 aliphatic carbocycles. The van der Waals surface area contributed by atoms with Crippen LogP contribution in [0, 0.1) is 0 Å². The zero-order chi connectivity index (χ0) is 13.7. The maximum Gasteiger partial charge on any atom is 2.00 e. The van der Waals surface area contributed by atoms with Crippen molar-refractivity contribution in [3.63, 3.8) is 0 Å². The van der Waals surface area contributed by atoms with Crippen molar-refractivity contribution in [3.05, 3.63) is 0 Å². The monoisotopic (exact) mass is 366 g/mol. The molecule has 0 heterocycles. The third kappa shape index (κ3) is 8.85. The second-order valence-electron chi connectivity index (χ2n) is 3.93. The molecule has 0 saturated carbocycles. The first-order chi connectivity index (χ1) is 7.56. The topological polar surface area (TPSA) is 147 Å². The number of hydrogen-bond donors (Lipinski definition) is 1. The SMILES string of the molecule is CCCCCCCC(O)(P(=O)([O-])[O-])P(=O)([O-])[O-].[Ca+2].[Ca+2]. The van der Waals surface area contributed by atoms with Crippen molar-refractivity contribution >= 4 is 90.7 Å². The Hall–Kier alpha value is 2.78. The minimum atomic E-state index is -5.90. The van der Waals surface area contributed by atoms with Gasteiger partial charge >= 0.3 is 75.5 Å². The van der Waals surface area contributed by atoms with Crippen LogP contribution in [0.5, 0.6) is 0 Å². The first-order valence-corrected chi connectivity index (χ1v) is 8.41. The van der Waals surface area contributed by atoms with Gasteiger partial charge in [-0.15, -0.1) is 0 Å². The van der Waals surface area contributed by atoms with Crippen molar-refractivity contribution in [2.24, 2.45) is 0 Å². The molecule has 0 saturated heterocycles. The van der Waals surface area contributed by atoms with Crippen molar-refractivity contribution in [1.29, 1.82) is 0 Å². The Kier molecular flexibility index (Phi) is 15.9. The van der Waals surface area contributed by atoms with Gasteiger partial charge in [0, 0.05) is 0 Å². The van der Waals surface area contributed by atoms with Gasteiger partial charge in [0.15, 0.2) is 0 Å². The standard InChI is InChI=1S/C8H20O7P2.2Ca/c1-2-3-4-5-6-7-8(9,16(10,11)12)17(13,14)15;;/h9H,2-7H2,1H3,(H2,10,11,12)(H2,13,14,15);;/q;2*+2/p-4. The molecule has 0 amide bonds. The molecule has 0 aliphatic rings. The van der Waals surface area contributed by atoms with Crippen molar-refractivity contribution in [1.82, 2.24) is 0 Å². The van der Waals surface area contributed by atoms with Gasteiger partial charge in [-0.3, -0.25) is 0 Å². The largest absolute Gasteiger partial charge is 2.00 e. The first kappa shape index (κ1) is 26.7. The van der Waals surface area contributed by atoms with Gasteiger partial charge in [0.1, 0.15) is 5.08 Å². The van der Waals surface area contributed by atoms with Crippen LogP contribution in [0.15, 0.2) is 0 Å². The van der Waals surface area contributed by atoms with Crippen LogP contribution in [0.4, 0.5) is 0 Å². The average Bonchev–Trinajstić information content (AvgIpc) is 2.13. The van der Waals surface area contributed by atoms with Crippen molar-refractivity contribution in [2.45, 2.75) is 50.5 Å². The molecule has 7 nitrogen and oxygen atoms in total. The summed E-state index contributed by atoms with van der Waals surface area (Å²) >= 11 is 0. The molecule has 0 aliphatic heterocycles. The summed E-state index contributed by atoms with van der Waals surface area (Å²) in [6, 6.07) is 0. The summed E-state index contributed by atoms with van der Waals surface area (Å²) in [6.07, 6.45) is 2.11. The Balaban J connectivity index is -0.00000128. The van der Waals surface area contributed by atoms with E-state index in [9.17, 15) is 33.8 Å². The van der Waals surface area contributed by atoms with Crippen LogP contribution in [0.25, 0.3) is 0 Å². The molecule has 0 unspecified atom stereocenters. The number of rotatable bonds is 8. The molecule has 1 N–H and O–H groups in total. The van der Waals surface area contributed by atoms with E-state index >= 15 is 0 Å². The van der Waals surface area contributed by atoms with Gasteiger partial charge in [-0.1, -0.05) is 32.6 Å². The van der Waals surface area contributed by atoms with Crippen molar-refractivity contribution < 1.29 is 33.8 Å². The van der Waals surface area contributed by atoms with Crippen LogP contribution < -0.4 is 19.6 Å². The Labute approximate surface area is 172 Å². The van der Waals surface area contributed by atoms with Crippen LogP contribution in [-0.2, 0) is 9.13 Å². The molecular formula is C8H16Ca2O7P2. The molecule has 0 atom stereocenters. The third-order valence-electron chi connectivity index (χ3n) is 2.49. The van der Waals surface area contributed by atoms with Gasteiger partial charge in [-0.2, -0.15) is 0 Å². The van der Waals surface area contributed by atoms with Gasteiger partial charge in [-0.25, -0.2) is 0 Å². The molecule has 19 heavy (non-hydrogen) atoms. The van der Waals surface area contributed by atoms with Crippen LogP contribution in [0.3, 0.4) is 0 Å². The summed E-state index contributed by atoms with van der Waals surface area (Å²) in [4.78, 5) is 42.7. The molecule has 0 aromatic heterocycles. The second kappa shape index (κ2) is 11.3. The molecule has 0 spiro atoms. The van der Waals surface area contributed by atoms with Crippen molar-refractivity contribution in [3.8, 4) is 0 Å². The van der Waals surface area contributed by atoms with Gasteiger partial charge in [0.2, 0.25) is 0 Å². The van der Waals surface area contributed by atoms with E-state index in [1.165, 1.54) is 0 Å². The van der Waals surface area contributed by atoms with E-state index in [0.717, 1.165) is 19.3 Å². The minimum Gasteiger partial charge on any atom is -0.808 e. The van der Waals surface area contributed by atoms with Gasteiger partial charge < -0.3 is 33.8 Å². The second-order valence-corrected chi connectivity index (χ2v) is 7.76. The Morgan fingerprint density at radius 3 is 1.58 bits per heavy atom. The summed E-state index contributed by atoms with van der Waals surface area (Å²) in [5, 5.41) is 5.58. The molecule has 104 valence electrons. The Morgan fingerprint density at radius 1 is 0.895 bits per heavy atom. The van der Waals surface area contributed by atoms with E-state index in [4.69, 9.17) is 0 Å². The zero-order valence-electron chi connectivity index (χ0n) is 10.9. The van der Waals surface area contributed by atoms with Crippen LogP contribution in [-0.4, -0.2) is 85.7 Å². The van der Waals surface area contributed by atoms with Gasteiger partial charge in [-0.05, 0) is 28.0 Å². The maximum atomic E-state index is 10.7. The van der Waals surface area contributed by atoms with E-state index in [1.54, 1.807) is 0 Å². The van der Waals surface area contributed by atoms with E-state index in [1.807, 2.05) is 6.92 Å². The fourth-order valence-corrected chi connectivity index (χ4v) is 3.45. The summed E-state index contributed by atoms with van der Waals surface area (Å²) in [5.41, 5.74) is 0. The number of aliphatic hydroxyl groups is 1. The van der Waals surface area contributed by atoms with E-state index < -0.39 is 26.7 Å². The smallest absolute Gasteiger partial charge is 0.808 e.